The van der Waals surface area contributed by atoms with Gasteiger partial charge in [-0.15, -0.1) is 0 Å². The Morgan fingerprint density at radius 1 is 1.00 bits per heavy atom. The zero-order valence-electron chi connectivity index (χ0n) is 14.7. The monoisotopic (exact) mass is 347 g/mol. The van der Waals surface area contributed by atoms with E-state index in [-0.39, 0.29) is 5.82 Å². The van der Waals surface area contributed by atoms with Gasteiger partial charge in [-0.3, -0.25) is 10.4 Å². The second-order valence-electron chi connectivity index (χ2n) is 6.84. The summed E-state index contributed by atoms with van der Waals surface area (Å²) in [6, 6.07) is 16.8. The van der Waals surface area contributed by atoms with E-state index in [0.717, 1.165) is 22.2 Å². The lowest BCUT2D eigenvalue weighted by Crippen LogP contribution is -2.07. The maximum Gasteiger partial charge on any atom is 0.148 e. The predicted molar refractivity (Wildman–Crippen MR) is 105 cm³/mol. The van der Waals surface area contributed by atoms with Gasteiger partial charge in [-0.05, 0) is 37.1 Å². The fraction of sp³-hybridized carbons (Fsp3) is 0.273. The van der Waals surface area contributed by atoms with Gasteiger partial charge >= 0.3 is 0 Å². The minimum absolute atomic E-state index is 0.313. The minimum atomic E-state index is -0.313. The highest BCUT2D eigenvalue weighted by Gasteiger charge is 2.18. The number of nitrogens with one attached hydrogen (secondary N) is 1. The van der Waals surface area contributed by atoms with Crippen LogP contribution in [-0.4, -0.2) is 11.2 Å². The quantitative estimate of drug-likeness (QED) is 0.473. The standard InChI is InChI=1S/C22H22FN3/c23-19-11-5-7-13-21(19)26-24-15-17-14-22(16-8-2-1-3-9-16)25-20-12-6-4-10-18(17)20/h4-7,10-16,26H,1-3,8-9H2/b24-15-. The maximum absolute atomic E-state index is 13.7. The number of pyridine rings is 1. The molecule has 132 valence electrons. The van der Waals surface area contributed by atoms with Gasteiger partial charge in [0.15, 0.2) is 0 Å². The Kier molecular flexibility index (Phi) is 4.91. The van der Waals surface area contributed by atoms with Crippen LogP contribution in [0.1, 0.15) is 49.3 Å². The van der Waals surface area contributed by atoms with Gasteiger partial charge in [0.25, 0.3) is 0 Å². The molecule has 1 saturated carbocycles. The van der Waals surface area contributed by atoms with Crippen LogP contribution in [0.2, 0.25) is 0 Å². The van der Waals surface area contributed by atoms with Crippen molar-refractivity contribution in [3.63, 3.8) is 0 Å². The third-order valence-corrected chi connectivity index (χ3v) is 5.05. The van der Waals surface area contributed by atoms with Crippen LogP contribution in [0, 0.1) is 5.82 Å². The molecule has 1 aliphatic carbocycles. The molecule has 0 saturated heterocycles. The topological polar surface area (TPSA) is 37.3 Å². The normalized spacial score (nSPS) is 15.6. The van der Waals surface area contributed by atoms with Crippen LogP contribution < -0.4 is 5.43 Å². The zero-order chi connectivity index (χ0) is 17.8. The summed E-state index contributed by atoms with van der Waals surface area (Å²) < 4.78 is 13.7. The van der Waals surface area contributed by atoms with Crippen molar-refractivity contribution < 1.29 is 4.39 Å². The molecule has 2 aromatic carbocycles. The molecule has 0 radical (unpaired) electrons. The largest absolute Gasteiger partial charge is 0.276 e. The molecule has 0 spiro atoms. The highest BCUT2D eigenvalue weighted by atomic mass is 19.1. The third-order valence-electron chi connectivity index (χ3n) is 5.05. The Hall–Kier alpha value is -2.75. The van der Waals surface area contributed by atoms with Crippen LogP contribution in [-0.2, 0) is 0 Å². The molecule has 4 rings (SSSR count). The van der Waals surface area contributed by atoms with Crippen LogP contribution >= 0.6 is 0 Å². The number of aromatic nitrogens is 1. The molecular weight excluding hydrogens is 325 g/mol. The van der Waals surface area contributed by atoms with Gasteiger partial charge in [0, 0.05) is 22.6 Å². The maximum atomic E-state index is 13.7. The van der Waals surface area contributed by atoms with E-state index < -0.39 is 0 Å². The smallest absolute Gasteiger partial charge is 0.148 e. The molecule has 1 aliphatic rings. The molecular formula is C22H22FN3. The van der Waals surface area contributed by atoms with Crippen molar-refractivity contribution in [2.75, 3.05) is 5.43 Å². The molecule has 4 heteroatoms. The van der Waals surface area contributed by atoms with E-state index in [1.165, 1.54) is 38.2 Å². The van der Waals surface area contributed by atoms with Gasteiger partial charge in [-0.2, -0.15) is 5.10 Å². The molecule has 1 fully saturated rings. The number of halogens is 1. The summed E-state index contributed by atoms with van der Waals surface area (Å²) in [6.45, 7) is 0. The summed E-state index contributed by atoms with van der Waals surface area (Å²) in [7, 11) is 0. The van der Waals surface area contributed by atoms with Crippen molar-refractivity contribution in [1.29, 1.82) is 0 Å². The number of hydrogen-bond donors (Lipinski definition) is 1. The van der Waals surface area contributed by atoms with Crippen molar-refractivity contribution in [3.05, 3.63) is 71.7 Å². The number of hydrazone groups is 1. The number of fused-ring (bicyclic) bond motifs is 1. The second kappa shape index (κ2) is 7.65. The van der Waals surface area contributed by atoms with Crippen molar-refractivity contribution in [3.8, 4) is 0 Å². The Morgan fingerprint density at radius 2 is 1.77 bits per heavy atom. The van der Waals surface area contributed by atoms with E-state index >= 15 is 0 Å². The van der Waals surface area contributed by atoms with Crippen LogP contribution in [0.5, 0.6) is 0 Å². The Morgan fingerprint density at radius 3 is 2.62 bits per heavy atom. The first-order valence-electron chi connectivity index (χ1n) is 9.24. The summed E-state index contributed by atoms with van der Waals surface area (Å²) in [6.07, 6.45) is 8.05. The Balaban J connectivity index is 1.66. The van der Waals surface area contributed by atoms with Gasteiger partial charge in [0.1, 0.15) is 5.82 Å². The first kappa shape index (κ1) is 16.7. The van der Waals surface area contributed by atoms with Gasteiger partial charge in [0.2, 0.25) is 0 Å². The Bertz CT molecular complexity index is 930. The third kappa shape index (κ3) is 3.59. The fourth-order valence-corrected chi connectivity index (χ4v) is 3.66. The summed E-state index contributed by atoms with van der Waals surface area (Å²) in [5.74, 6) is 0.215. The molecule has 0 amide bonds. The van der Waals surface area contributed by atoms with E-state index in [1.54, 1.807) is 24.4 Å². The van der Waals surface area contributed by atoms with Gasteiger partial charge < -0.3 is 0 Å². The van der Waals surface area contributed by atoms with Gasteiger partial charge in [-0.25, -0.2) is 4.39 Å². The Labute approximate surface area is 153 Å². The number of nitrogens with zero attached hydrogens (tertiary/aromatic N) is 2. The summed E-state index contributed by atoms with van der Waals surface area (Å²) in [5.41, 5.74) is 6.32. The van der Waals surface area contributed by atoms with E-state index in [2.05, 4.69) is 22.7 Å². The predicted octanol–water partition coefficient (Wildman–Crippen LogP) is 5.87. The summed E-state index contributed by atoms with van der Waals surface area (Å²) >= 11 is 0. The lowest BCUT2D eigenvalue weighted by Gasteiger charge is -2.21. The lowest BCUT2D eigenvalue weighted by molar-refractivity contribution is 0.437. The van der Waals surface area contributed by atoms with Crippen LogP contribution in [0.3, 0.4) is 0 Å². The van der Waals surface area contributed by atoms with Crippen LogP contribution in [0.15, 0.2) is 59.7 Å². The number of rotatable bonds is 4. The highest BCUT2D eigenvalue weighted by Crippen LogP contribution is 2.33. The van der Waals surface area contributed by atoms with Crippen LogP contribution in [0.25, 0.3) is 10.9 Å². The molecule has 0 atom stereocenters. The molecule has 3 aromatic rings. The number of anilines is 1. The average Bonchev–Trinajstić information content (AvgIpc) is 2.70. The molecule has 1 N–H and O–H groups in total. The van der Waals surface area contributed by atoms with E-state index in [1.807, 2.05) is 18.2 Å². The average molecular weight is 347 g/mol. The zero-order valence-corrected chi connectivity index (χ0v) is 14.7. The molecule has 0 aliphatic heterocycles. The minimum Gasteiger partial charge on any atom is -0.276 e. The van der Waals surface area contributed by atoms with Crippen molar-refractivity contribution in [2.45, 2.75) is 38.0 Å². The summed E-state index contributed by atoms with van der Waals surface area (Å²) in [4.78, 5) is 4.90. The fourth-order valence-electron chi connectivity index (χ4n) is 3.66. The van der Waals surface area contributed by atoms with Crippen molar-refractivity contribution in [2.24, 2.45) is 5.10 Å². The van der Waals surface area contributed by atoms with Crippen molar-refractivity contribution in [1.82, 2.24) is 4.98 Å². The molecule has 26 heavy (non-hydrogen) atoms. The SMILES string of the molecule is Fc1ccccc1N/N=C\c1cc(C2CCCCC2)nc2ccccc12. The molecule has 0 bridgehead atoms. The first-order valence-corrected chi connectivity index (χ1v) is 9.24. The number of para-hydroxylation sites is 2. The van der Waals surface area contributed by atoms with E-state index in [9.17, 15) is 4.39 Å². The van der Waals surface area contributed by atoms with E-state index in [0.29, 0.717) is 11.6 Å². The first-order chi connectivity index (χ1) is 12.8. The highest BCUT2D eigenvalue weighted by molar-refractivity contribution is 5.98. The van der Waals surface area contributed by atoms with Crippen LogP contribution in [0.4, 0.5) is 10.1 Å². The molecule has 1 aromatic heterocycles. The number of hydrogen-bond acceptors (Lipinski definition) is 3. The molecule has 0 unspecified atom stereocenters. The van der Waals surface area contributed by atoms with Crippen molar-refractivity contribution >= 4 is 22.8 Å². The summed E-state index contributed by atoms with van der Waals surface area (Å²) in [5, 5.41) is 5.33. The molecule has 1 heterocycles. The molecule has 3 nitrogen and oxygen atoms in total. The second-order valence-corrected chi connectivity index (χ2v) is 6.84. The van der Waals surface area contributed by atoms with Gasteiger partial charge in [-0.1, -0.05) is 49.6 Å². The number of benzene rings is 2. The lowest BCUT2D eigenvalue weighted by atomic mass is 9.86. The van der Waals surface area contributed by atoms with E-state index in [4.69, 9.17) is 4.98 Å². The van der Waals surface area contributed by atoms with Gasteiger partial charge in [0.05, 0.1) is 17.4 Å².